The van der Waals surface area contributed by atoms with Crippen molar-refractivity contribution in [2.45, 2.75) is 25.9 Å². The van der Waals surface area contributed by atoms with E-state index < -0.39 is 5.97 Å². The van der Waals surface area contributed by atoms with Gasteiger partial charge in [-0.3, -0.25) is 0 Å². The number of hydrogen-bond donors (Lipinski definition) is 0. The van der Waals surface area contributed by atoms with Gasteiger partial charge >= 0.3 is 5.97 Å². The molecule has 0 N–H and O–H groups in total. The zero-order valence-electron chi connectivity index (χ0n) is 15.5. The molecular weight excluding hydrogens is 364 g/mol. The molecule has 1 aliphatic rings. The minimum absolute atomic E-state index is 0.0971. The first kappa shape index (κ1) is 19.1. The number of thiophene rings is 1. The lowest BCUT2D eigenvalue weighted by atomic mass is 10.0. The summed E-state index contributed by atoms with van der Waals surface area (Å²) < 4.78 is 4.79. The zero-order valence-corrected chi connectivity index (χ0v) is 16.4. The Morgan fingerprint density at radius 1 is 1.19 bits per heavy atom. The predicted molar refractivity (Wildman–Crippen MR) is 105 cm³/mol. The fourth-order valence-corrected chi connectivity index (χ4v) is 3.91. The Kier molecular flexibility index (Phi) is 6.24. The maximum Gasteiger partial charge on any atom is 0.360 e. The summed E-state index contributed by atoms with van der Waals surface area (Å²) in [6.07, 6.45) is 1.11. The Balaban J connectivity index is 1.66. The van der Waals surface area contributed by atoms with Crippen LogP contribution in [0.5, 0.6) is 0 Å². The smallest absolute Gasteiger partial charge is 0.360 e. The van der Waals surface area contributed by atoms with Gasteiger partial charge in [-0.1, -0.05) is 40.6 Å². The van der Waals surface area contributed by atoms with Gasteiger partial charge in [-0.25, -0.2) is 4.79 Å². The molecule has 0 aliphatic heterocycles. The highest BCUT2D eigenvalue weighted by Crippen LogP contribution is 2.49. The summed E-state index contributed by atoms with van der Waals surface area (Å²) in [4.78, 5) is 23.7. The first-order valence-electron chi connectivity index (χ1n) is 8.63. The molecule has 0 spiro atoms. The van der Waals surface area contributed by atoms with Crippen molar-refractivity contribution in [3.63, 3.8) is 0 Å². The van der Waals surface area contributed by atoms with Crippen molar-refractivity contribution in [3.05, 3.63) is 57.8 Å². The topological polar surface area (TPSA) is 69.5 Å². The molecule has 2 aromatic rings. The van der Waals surface area contributed by atoms with Gasteiger partial charge in [0.05, 0.1) is 12.8 Å². The summed E-state index contributed by atoms with van der Waals surface area (Å²) in [5, 5.41) is 10.2. The average molecular weight is 386 g/mol. The van der Waals surface area contributed by atoms with Crippen molar-refractivity contribution in [2.24, 2.45) is 16.2 Å². The van der Waals surface area contributed by atoms with Crippen LogP contribution in [0.25, 0.3) is 0 Å². The molecule has 27 heavy (non-hydrogen) atoms. The highest BCUT2D eigenvalue weighted by Gasteiger charge is 2.41. The third-order valence-corrected chi connectivity index (χ3v) is 5.50. The van der Waals surface area contributed by atoms with Crippen molar-refractivity contribution in [1.29, 1.82) is 0 Å². The molecule has 1 aromatic heterocycles. The van der Waals surface area contributed by atoms with Crippen LogP contribution in [-0.4, -0.2) is 31.6 Å². The van der Waals surface area contributed by atoms with Gasteiger partial charge in [0.1, 0.15) is 13.7 Å². The first-order valence-corrected chi connectivity index (χ1v) is 9.51. The molecule has 1 aromatic carbocycles. The Morgan fingerprint density at radius 2 is 2.00 bits per heavy atom. The number of oxime groups is 2. The number of esters is 1. The van der Waals surface area contributed by atoms with E-state index in [1.54, 1.807) is 17.4 Å². The Labute approximate surface area is 162 Å². The second-order valence-corrected chi connectivity index (χ2v) is 7.22. The maximum absolute atomic E-state index is 12.0. The molecule has 0 amide bonds. The molecule has 0 bridgehead atoms. The summed E-state index contributed by atoms with van der Waals surface area (Å²) in [7, 11) is 2.69. The van der Waals surface area contributed by atoms with E-state index in [0.717, 1.165) is 17.7 Å². The third-order valence-electron chi connectivity index (χ3n) is 4.50. The molecule has 2 unspecified atom stereocenters. The second kappa shape index (κ2) is 8.81. The quantitative estimate of drug-likeness (QED) is 0.391. The van der Waals surface area contributed by atoms with Gasteiger partial charge in [-0.05, 0) is 24.8 Å². The summed E-state index contributed by atoms with van der Waals surface area (Å²) in [6, 6.07) is 11.6. The minimum atomic E-state index is -0.569. The van der Waals surface area contributed by atoms with E-state index in [-0.39, 0.29) is 12.3 Å². The minimum Gasteiger partial charge on any atom is -0.464 e. The van der Waals surface area contributed by atoms with E-state index in [1.165, 1.54) is 19.1 Å². The van der Waals surface area contributed by atoms with Crippen LogP contribution < -0.4 is 0 Å². The number of benzene rings is 1. The number of carbonyl (C=O) groups excluding carboxylic acids is 1. The molecule has 142 valence electrons. The summed E-state index contributed by atoms with van der Waals surface area (Å²) in [6.45, 7) is 2.22. The molecule has 0 saturated heterocycles. The lowest BCUT2D eigenvalue weighted by molar-refractivity contribution is -0.132. The molecule has 0 radical (unpaired) electrons. The molecule has 1 fully saturated rings. The van der Waals surface area contributed by atoms with Crippen molar-refractivity contribution in [3.8, 4) is 0 Å². The van der Waals surface area contributed by atoms with E-state index in [1.807, 2.05) is 25.1 Å². The van der Waals surface area contributed by atoms with Crippen LogP contribution >= 0.6 is 11.3 Å². The van der Waals surface area contributed by atoms with Gasteiger partial charge in [-0.2, -0.15) is 0 Å². The fraction of sp³-hybridized carbons (Fsp3) is 0.350. The fourth-order valence-electron chi connectivity index (χ4n) is 3.01. The Morgan fingerprint density at radius 3 is 2.70 bits per heavy atom. The van der Waals surface area contributed by atoms with Crippen LogP contribution in [0.2, 0.25) is 0 Å². The van der Waals surface area contributed by atoms with Crippen LogP contribution in [0.4, 0.5) is 0 Å². The largest absolute Gasteiger partial charge is 0.464 e. The van der Waals surface area contributed by atoms with E-state index >= 15 is 0 Å². The normalized spacial score (nSPS) is 19.5. The second-order valence-electron chi connectivity index (χ2n) is 6.24. The van der Waals surface area contributed by atoms with Crippen LogP contribution in [-0.2, 0) is 25.8 Å². The molecule has 6 nitrogen and oxygen atoms in total. The number of nitrogens with zero attached hydrogens (tertiary/aromatic N) is 2. The predicted octanol–water partition coefficient (Wildman–Crippen LogP) is 3.97. The average Bonchev–Trinajstić information content (AvgIpc) is 3.31. The van der Waals surface area contributed by atoms with E-state index in [0.29, 0.717) is 17.4 Å². The number of rotatable bonds is 8. The van der Waals surface area contributed by atoms with Gasteiger partial charge in [0.2, 0.25) is 0 Å². The van der Waals surface area contributed by atoms with Gasteiger partial charge in [-0.15, -0.1) is 11.3 Å². The van der Waals surface area contributed by atoms with E-state index in [9.17, 15) is 4.79 Å². The third kappa shape index (κ3) is 4.54. The standard InChI is InChI=1S/C20H22N2O4S/c1-13(16-11-17(16)18-9-6-10-27-18)21-26-12-14-7-4-5-8-15(14)19(22-25-3)20(23)24-2/h4-10,16-17H,11-12H2,1-3H3/b21-13-,22-19-. The zero-order chi connectivity index (χ0) is 19.2. The van der Waals surface area contributed by atoms with Crippen LogP contribution in [0, 0.1) is 5.92 Å². The van der Waals surface area contributed by atoms with E-state index in [4.69, 9.17) is 14.4 Å². The Hall–Kier alpha value is -2.67. The summed E-state index contributed by atoms with van der Waals surface area (Å²) >= 11 is 1.79. The van der Waals surface area contributed by atoms with Crippen molar-refractivity contribution in [1.82, 2.24) is 0 Å². The monoisotopic (exact) mass is 386 g/mol. The Bertz CT molecular complexity index is 845. The number of hydrogen-bond acceptors (Lipinski definition) is 7. The number of ether oxygens (including phenoxy) is 1. The van der Waals surface area contributed by atoms with Crippen LogP contribution in [0.1, 0.15) is 35.3 Å². The van der Waals surface area contributed by atoms with Gasteiger partial charge in [0.15, 0.2) is 5.71 Å². The van der Waals surface area contributed by atoms with Crippen LogP contribution in [0.15, 0.2) is 52.1 Å². The summed E-state index contributed by atoms with van der Waals surface area (Å²) in [5.74, 6) is 0.435. The molecule has 1 aliphatic carbocycles. The molecular formula is C20H22N2O4S. The van der Waals surface area contributed by atoms with Crippen molar-refractivity contribution in [2.75, 3.05) is 14.2 Å². The maximum atomic E-state index is 12.0. The lowest BCUT2D eigenvalue weighted by Gasteiger charge is -2.09. The number of methoxy groups -OCH3 is 1. The van der Waals surface area contributed by atoms with Gasteiger partial charge in [0.25, 0.3) is 0 Å². The first-order chi connectivity index (χ1) is 13.2. The van der Waals surface area contributed by atoms with Crippen molar-refractivity contribution >= 4 is 28.7 Å². The molecule has 3 rings (SSSR count). The van der Waals surface area contributed by atoms with Crippen molar-refractivity contribution < 1.29 is 19.2 Å². The van der Waals surface area contributed by atoms with Crippen LogP contribution in [0.3, 0.4) is 0 Å². The highest BCUT2D eigenvalue weighted by atomic mass is 32.1. The summed E-state index contributed by atoms with van der Waals surface area (Å²) in [5.41, 5.74) is 2.47. The number of carbonyl (C=O) groups is 1. The SMILES string of the molecule is CO/N=C(\C(=O)OC)c1ccccc1CO/N=C(/C)C1CC1c1cccs1. The van der Waals surface area contributed by atoms with Gasteiger partial charge < -0.3 is 14.4 Å². The lowest BCUT2D eigenvalue weighted by Crippen LogP contribution is -2.19. The highest BCUT2D eigenvalue weighted by molar-refractivity contribution is 7.10. The molecule has 1 saturated carbocycles. The van der Waals surface area contributed by atoms with Gasteiger partial charge in [0, 0.05) is 27.8 Å². The van der Waals surface area contributed by atoms with E-state index in [2.05, 4.69) is 27.8 Å². The molecule has 1 heterocycles. The molecule has 7 heteroatoms. The molecule has 2 atom stereocenters.